The van der Waals surface area contributed by atoms with Crippen LogP contribution in [0.3, 0.4) is 0 Å². The number of benzene rings is 1. The van der Waals surface area contributed by atoms with Crippen LogP contribution < -0.4 is 9.47 Å². The molecule has 1 fully saturated rings. The van der Waals surface area contributed by atoms with Gasteiger partial charge in [-0.05, 0) is 25.0 Å². The average molecular weight is 353 g/mol. The molecule has 23 heavy (non-hydrogen) atoms. The number of hydrogen-bond donors (Lipinski definition) is 0. The molecule has 1 aliphatic rings. The van der Waals surface area contributed by atoms with Gasteiger partial charge in [-0.2, -0.15) is 17.5 Å². The van der Waals surface area contributed by atoms with Gasteiger partial charge in [0.25, 0.3) is 0 Å². The largest absolute Gasteiger partial charge is 0.493 e. The van der Waals surface area contributed by atoms with Crippen molar-refractivity contribution in [3.05, 3.63) is 18.2 Å². The van der Waals surface area contributed by atoms with Gasteiger partial charge in [0.05, 0.1) is 25.0 Å². The minimum atomic E-state index is -4.40. The predicted molar refractivity (Wildman–Crippen MR) is 77.1 cm³/mol. The summed E-state index contributed by atoms with van der Waals surface area (Å²) >= 11 is 0. The summed E-state index contributed by atoms with van der Waals surface area (Å²) in [5, 5.41) is 0. The van der Waals surface area contributed by atoms with Gasteiger partial charge in [-0.25, -0.2) is 8.42 Å². The summed E-state index contributed by atoms with van der Waals surface area (Å²) in [7, 11) is -1.25. The highest BCUT2D eigenvalue weighted by Crippen LogP contribution is 2.36. The van der Waals surface area contributed by atoms with E-state index < -0.39 is 28.7 Å². The lowest BCUT2D eigenvalue weighted by molar-refractivity contribution is -0.182. The van der Waals surface area contributed by atoms with E-state index in [2.05, 4.69) is 0 Å². The van der Waals surface area contributed by atoms with Crippen molar-refractivity contribution in [2.75, 3.05) is 27.3 Å². The van der Waals surface area contributed by atoms with Crippen LogP contribution in [-0.2, 0) is 10.0 Å². The molecule has 5 nitrogen and oxygen atoms in total. The van der Waals surface area contributed by atoms with E-state index in [1.807, 2.05) is 0 Å². The molecule has 1 unspecified atom stereocenters. The van der Waals surface area contributed by atoms with Crippen molar-refractivity contribution in [2.45, 2.75) is 23.9 Å². The third kappa shape index (κ3) is 3.72. The summed E-state index contributed by atoms with van der Waals surface area (Å²) in [6, 6.07) is 3.97. The zero-order chi connectivity index (χ0) is 17.3. The van der Waals surface area contributed by atoms with Gasteiger partial charge in [-0.1, -0.05) is 0 Å². The standard InChI is InChI=1S/C14H18F3NO4S/c1-21-12-6-5-11(8-13(12)22-2)23(19,20)18-7-3-4-10(9-18)14(15,16)17/h5-6,8,10H,3-4,7,9H2,1-2H3. The monoisotopic (exact) mass is 353 g/mol. The van der Waals surface area contributed by atoms with Crippen LogP contribution in [0, 0.1) is 5.92 Å². The Morgan fingerprint density at radius 2 is 1.83 bits per heavy atom. The number of piperidine rings is 1. The van der Waals surface area contributed by atoms with Crippen molar-refractivity contribution in [2.24, 2.45) is 5.92 Å². The lowest BCUT2D eigenvalue weighted by atomic mass is 9.99. The molecule has 0 amide bonds. The fourth-order valence-electron chi connectivity index (χ4n) is 2.55. The number of alkyl halides is 3. The van der Waals surface area contributed by atoms with Crippen molar-refractivity contribution < 1.29 is 31.1 Å². The predicted octanol–water partition coefficient (Wildman–Crippen LogP) is 2.67. The number of halogens is 3. The Balaban J connectivity index is 2.31. The van der Waals surface area contributed by atoms with E-state index in [4.69, 9.17) is 9.47 Å². The second-order valence-corrected chi connectivity index (χ2v) is 7.20. The Morgan fingerprint density at radius 1 is 1.17 bits per heavy atom. The number of methoxy groups -OCH3 is 2. The van der Waals surface area contributed by atoms with Crippen molar-refractivity contribution in [3.8, 4) is 11.5 Å². The van der Waals surface area contributed by atoms with Crippen LogP contribution in [-0.4, -0.2) is 46.2 Å². The summed E-state index contributed by atoms with van der Waals surface area (Å²) in [4.78, 5) is -0.113. The molecule has 1 aliphatic heterocycles. The highest BCUT2D eigenvalue weighted by atomic mass is 32.2. The number of rotatable bonds is 4. The van der Waals surface area contributed by atoms with Crippen molar-refractivity contribution in [1.29, 1.82) is 0 Å². The topological polar surface area (TPSA) is 55.8 Å². The Morgan fingerprint density at radius 3 is 2.39 bits per heavy atom. The van der Waals surface area contributed by atoms with E-state index in [9.17, 15) is 21.6 Å². The lowest BCUT2D eigenvalue weighted by Crippen LogP contribution is -2.44. The molecule has 0 saturated carbocycles. The SMILES string of the molecule is COc1ccc(S(=O)(=O)N2CCCC(C(F)(F)F)C2)cc1OC. The summed E-state index contributed by atoms with van der Waals surface area (Å²) in [6.45, 7) is -0.483. The quantitative estimate of drug-likeness (QED) is 0.835. The zero-order valence-corrected chi connectivity index (χ0v) is 13.6. The van der Waals surface area contributed by atoms with Crippen LogP contribution in [0.1, 0.15) is 12.8 Å². The third-order valence-corrected chi connectivity index (χ3v) is 5.70. The Bertz CT molecular complexity index is 660. The van der Waals surface area contributed by atoms with E-state index in [-0.39, 0.29) is 30.0 Å². The average Bonchev–Trinajstić information content (AvgIpc) is 2.53. The van der Waals surface area contributed by atoms with E-state index in [1.54, 1.807) is 0 Å². The molecule has 1 saturated heterocycles. The number of hydrogen-bond acceptors (Lipinski definition) is 4. The van der Waals surface area contributed by atoms with Crippen LogP contribution >= 0.6 is 0 Å². The van der Waals surface area contributed by atoms with Crippen LogP contribution in [0.25, 0.3) is 0 Å². The van der Waals surface area contributed by atoms with Gasteiger partial charge in [-0.3, -0.25) is 0 Å². The molecule has 1 atom stereocenters. The van der Waals surface area contributed by atoms with Gasteiger partial charge in [-0.15, -0.1) is 0 Å². The van der Waals surface area contributed by atoms with Crippen LogP contribution in [0.2, 0.25) is 0 Å². The van der Waals surface area contributed by atoms with Crippen molar-refractivity contribution in [1.82, 2.24) is 4.31 Å². The molecule has 1 heterocycles. The van der Waals surface area contributed by atoms with Crippen LogP contribution in [0.15, 0.2) is 23.1 Å². The third-order valence-electron chi connectivity index (χ3n) is 3.84. The number of sulfonamides is 1. The lowest BCUT2D eigenvalue weighted by Gasteiger charge is -2.32. The van der Waals surface area contributed by atoms with Crippen LogP contribution in [0.4, 0.5) is 13.2 Å². The van der Waals surface area contributed by atoms with E-state index in [0.717, 1.165) is 4.31 Å². The maximum atomic E-state index is 12.9. The molecule has 130 valence electrons. The highest BCUT2D eigenvalue weighted by Gasteiger charge is 2.44. The molecule has 0 aromatic heterocycles. The molecule has 0 spiro atoms. The van der Waals surface area contributed by atoms with Crippen LogP contribution in [0.5, 0.6) is 11.5 Å². The van der Waals surface area contributed by atoms with Gasteiger partial charge in [0.2, 0.25) is 10.0 Å². The van der Waals surface area contributed by atoms with E-state index in [0.29, 0.717) is 5.75 Å². The summed E-state index contributed by atoms with van der Waals surface area (Å²) < 4.78 is 74.7. The molecule has 0 N–H and O–H groups in total. The molecular formula is C14H18F3NO4S. The van der Waals surface area contributed by atoms with E-state index in [1.165, 1.54) is 32.4 Å². The number of ether oxygens (including phenoxy) is 2. The maximum Gasteiger partial charge on any atom is 0.393 e. The van der Waals surface area contributed by atoms with Gasteiger partial charge in [0.15, 0.2) is 11.5 Å². The fraction of sp³-hybridized carbons (Fsp3) is 0.571. The highest BCUT2D eigenvalue weighted by molar-refractivity contribution is 7.89. The molecular weight excluding hydrogens is 335 g/mol. The Hall–Kier alpha value is -1.48. The number of nitrogens with zero attached hydrogens (tertiary/aromatic N) is 1. The summed E-state index contributed by atoms with van der Waals surface area (Å²) in [5.74, 6) is -1.08. The molecule has 0 radical (unpaired) electrons. The minimum Gasteiger partial charge on any atom is -0.493 e. The summed E-state index contributed by atoms with van der Waals surface area (Å²) in [5.41, 5.74) is 0. The second-order valence-electron chi connectivity index (χ2n) is 5.26. The summed E-state index contributed by atoms with van der Waals surface area (Å²) in [6.07, 6.45) is -4.27. The molecule has 0 bridgehead atoms. The molecule has 9 heteroatoms. The van der Waals surface area contributed by atoms with Gasteiger partial charge < -0.3 is 9.47 Å². The van der Waals surface area contributed by atoms with E-state index >= 15 is 0 Å². The first kappa shape index (κ1) is 17.9. The minimum absolute atomic E-state index is 0.0541. The Labute approximate surface area is 133 Å². The maximum absolute atomic E-state index is 12.9. The molecule has 1 aromatic carbocycles. The van der Waals surface area contributed by atoms with Crippen molar-refractivity contribution >= 4 is 10.0 Å². The normalized spacial score (nSPS) is 20.3. The van der Waals surface area contributed by atoms with Gasteiger partial charge in [0.1, 0.15) is 0 Å². The van der Waals surface area contributed by atoms with Gasteiger partial charge >= 0.3 is 6.18 Å². The van der Waals surface area contributed by atoms with Gasteiger partial charge in [0, 0.05) is 19.2 Å². The Kier molecular flexibility index (Phi) is 5.10. The smallest absolute Gasteiger partial charge is 0.393 e. The van der Waals surface area contributed by atoms with Crippen molar-refractivity contribution in [3.63, 3.8) is 0 Å². The molecule has 1 aromatic rings. The molecule has 2 rings (SSSR count). The fourth-order valence-corrected chi connectivity index (χ4v) is 4.09. The second kappa shape index (κ2) is 6.56. The first-order valence-corrected chi connectivity index (χ1v) is 8.43. The zero-order valence-electron chi connectivity index (χ0n) is 12.8. The first-order chi connectivity index (χ1) is 10.7. The first-order valence-electron chi connectivity index (χ1n) is 6.99. The molecule has 0 aliphatic carbocycles.